The third-order valence-corrected chi connectivity index (χ3v) is 2.29. The normalized spacial score (nSPS) is 9.68. The highest BCUT2D eigenvalue weighted by Gasteiger charge is 2.11. The number of benzene rings is 1. The van der Waals surface area contributed by atoms with Crippen LogP contribution in [0.2, 0.25) is 0 Å². The number of fused-ring (bicyclic) bond motifs is 1. The van der Waals surface area contributed by atoms with Crippen molar-refractivity contribution in [3.63, 3.8) is 0 Å². The highest BCUT2D eigenvalue weighted by atomic mass is 16.4. The van der Waals surface area contributed by atoms with E-state index in [1.54, 1.807) is 0 Å². The number of hydrogen-bond donors (Lipinski definition) is 2. The molecule has 1 aromatic carbocycles. The van der Waals surface area contributed by atoms with Gasteiger partial charge in [0.25, 0.3) is 5.91 Å². The molecule has 0 saturated heterocycles. The maximum atomic E-state index is 11.3. The van der Waals surface area contributed by atoms with Crippen molar-refractivity contribution in [2.24, 2.45) is 5.73 Å². The summed E-state index contributed by atoms with van der Waals surface area (Å²) in [4.78, 5) is 32.7. The largest absolute Gasteiger partial charge is 0.477 e. The van der Waals surface area contributed by atoms with Crippen molar-refractivity contribution in [1.29, 1.82) is 0 Å². The van der Waals surface area contributed by atoms with Gasteiger partial charge >= 0.3 is 11.6 Å². The van der Waals surface area contributed by atoms with Crippen LogP contribution in [-0.4, -0.2) is 17.0 Å². The van der Waals surface area contributed by atoms with Crippen molar-refractivity contribution in [1.82, 2.24) is 0 Å². The van der Waals surface area contributed by atoms with Gasteiger partial charge in [0.05, 0.1) is 0 Å². The van der Waals surface area contributed by atoms with Gasteiger partial charge in [-0.05, 0) is 30.2 Å². The molecule has 0 spiro atoms. The van der Waals surface area contributed by atoms with Gasteiger partial charge in [-0.3, -0.25) is 4.79 Å². The van der Waals surface area contributed by atoms with Crippen LogP contribution in [0.25, 0.3) is 11.0 Å². The smallest absolute Gasteiger partial charge is 0.351 e. The summed E-state index contributed by atoms with van der Waals surface area (Å²) < 4.78 is 4.86. The van der Waals surface area contributed by atoms with Crippen LogP contribution in [0.1, 0.15) is 15.9 Å². The highest BCUT2D eigenvalue weighted by Crippen LogP contribution is 2.15. The number of carboxylic acid groups (broad SMARTS) is 1. The Kier molecular flexibility index (Phi) is 3.04. The standard InChI is InChI=1S/C13H7NO5/c14-11(15)4-2-7-1-3-10-8(5-7)6-9(12(16)17)13(18)19-10/h1,3,5-6H,(H2,14,15)(H,16,17). The minimum Gasteiger partial charge on any atom is -0.477 e. The molecular weight excluding hydrogens is 250 g/mol. The topological polar surface area (TPSA) is 111 Å². The van der Waals surface area contributed by atoms with Gasteiger partial charge in [-0.2, -0.15) is 0 Å². The number of carbonyl (C=O) groups excluding carboxylic acids is 1. The van der Waals surface area contributed by atoms with Crippen LogP contribution in [0, 0.1) is 11.8 Å². The number of primary amides is 1. The van der Waals surface area contributed by atoms with Gasteiger partial charge in [-0.1, -0.05) is 5.92 Å². The quantitative estimate of drug-likeness (QED) is 0.565. The summed E-state index contributed by atoms with van der Waals surface area (Å²) in [7, 11) is 0. The van der Waals surface area contributed by atoms with Gasteiger partial charge in [0.15, 0.2) is 0 Å². The van der Waals surface area contributed by atoms with Crippen LogP contribution >= 0.6 is 0 Å². The third kappa shape index (κ3) is 2.61. The molecule has 1 heterocycles. The molecule has 2 aromatic rings. The average Bonchev–Trinajstić information content (AvgIpc) is 2.35. The van der Waals surface area contributed by atoms with Crippen molar-refractivity contribution >= 4 is 22.8 Å². The SMILES string of the molecule is NC(=O)C#Cc1ccc2oc(=O)c(C(=O)O)cc2c1. The van der Waals surface area contributed by atoms with Crippen molar-refractivity contribution in [3.05, 3.63) is 45.8 Å². The molecule has 94 valence electrons. The second-order valence-corrected chi connectivity index (χ2v) is 3.62. The second-order valence-electron chi connectivity index (χ2n) is 3.62. The molecule has 0 aliphatic carbocycles. The van der Waals surface area contributed by atoms with Gasteiger partial charge in [0, 0.05) is 10.9 Å². The Labute approximate surface area is 106 Å². The Morgan fingerprint density at radius 3 is 2.63 bits per heavy atom. The van der Waals surface area contributed by atoms with Crippen LogP contribution in [0.15, 0.2) is 33.5 Å². The Morgan fingerprint density at radius 1 is 1.26 bits per heavy atom. The van der Waals surface area contributed by atoms with E-state index < -0.39 is 23.1 Å². The van der Waals surface area contributed by atoms with Gasteiger partial charge in [0.1, 0.15) is 11.1 Å². The number of amides is 1. The van der Waals surface area contributed by atoms with E-state index in [-0.39, 0.29) is 5.58 Å². The van der Waals surface area contributed by atoms with Crippen LogP contribution in [0.4, 0.5) is 0 Å². The van der Waals surface area contributed by atoms with Crippen LogP contribution in [-0.2, 0) is 4.79 Å². The first-order valence-corrected chi connectivity index (χ1v) is 5.10. The second kappa shape index (κ2) is 4.66. The molecule has 6 heteroatoms. The number of nitrogens with two attached hydrogens (primary N) is 1. The molecule has 3 N–H and O–H groups in total. The summed E-state index contributed by atoms with van der Waals surface area (Å²) in [5.41, 5.74) is 4.19. The molecule has 19 heavy (non-hydrogen) atoms. The zero-order valence-corrected chi connectivity index (χ0v) is 9.47. The lowest BCUT2D eigenvalue weighted by atomic mass is 10.1. The molecule has 0 bridgehead atoms. The maximum Gasteiger partial charge on any atom is 0.351 e. The van der Waals surface area contributed by atoms with E-state index in [2.05, 4.69) is 11.8 Å². The number of hydrogen-bond acceptors (Lipinski definition) is 4. The van der Waals surface area contributed by atoms with E-state index in [0.717, 1.165) is 0 Å². The predicted octanol–water partition coefficient (Wildman–Crippen LogP) is 0.328. The fourth-order valence-corrected chi connectivity index (χ4v) is 1.48. The molecule has 6 nitrogen and oxygen atoms in total. The summed E-state index contributed by atoms with van der Waals surface area (Å²) in [5.74, 6) is 2.52. The first kappa shape index (κ1) is 12.4. The Hall–Kier alpha value is -3.07. The van der Waals surface area contributed by atoms with Crippen LogP contribution < -0.4 is 11.4 Å². The lowest BCUT2D eigenvalue weighted by Gasteiger charge is -1.99. The molecule has 0 aliphatic rings. The number of carboxylic acids is 1. The van der Waals surface area contributed by atoms with Crippen molar-refractivity contribution < 1.29 is 19.1 Å². The van der Waals surface area contributed by atoms with Crippen molar-refractivity contribution in [3.8, 4) is 11.8 Å². The van der Waals surface area contributed by atoms with Gasteiger partial charge in [-0.15, -0.1) is 0 Å². The zero-order chi connectivity index (χ0) is 14.0. The van der Waals surface area contributed by atoms with Crippen molar-refractivity contribution in [2.75, 3.05) is 0 Å². The molecular formula is C13H7NO5. The summed E-state index contributed by atoms with van der Waals surface area (Å²) in [5, 5.41) is 9.22. The highest BCUT2D eigenvalue weighted by molar-refractivity contribution is 5.93. The number of aromatic carboxylic acids is 1. The predicted molar refractivity (Wildman–Crippen MR) is 65.5 cm³/mol. The monoisotopic (exact) mass is 257 g/mol. The van der Waals surface area contributed by atoms with Crippen LogP contribution in [0.3, 0.4) is 0 Å². The molecule has 0 atom stereocenters. The van der Waals surface area contributed by atoms with Crippen molar-refractivity contribution in [2.45, 2.75) is 0 Å². The van der Waals surface area contributed by atoms with E-state index in [1.165, 1.54) is 24.3 Å². The molecule has 2 rings (SSSR count). The van der Waals surface area contributed by atoms with E-state index in [0.29, 0.717) is 10.9 Å². The van der Waals surface area contributed by atoms with Crippen LogP contribution in [0.5, 0.6) is 0 Å². The molecule has 0 fully saturated rings. The minimum absolute atomic E-state index is 0.236. The first-order chi connectivity index (χ1) is 8.97. The summed E-state index contributed by atoms with van der Waals surface area (Å²) in [6.45, 7) is 0. The molecule has 1 amide bonds. The molecule has 0 aliphatic heterocycles. The third-order valence-electron chi connectivity index (χ3n) is 2.29. The Balaban J connectivity index is 2.63. The van der Waals surface area contributed by atoms with E-state index in [9.17, 15) is 14.4 Å². The van der Waals surface area contributed by atoms with E-state index in [1.807, 2.05) is 0 Å². The average molecular weight is 257 g/mol. The van der Waals surface area contributed by atoms with Gasteiger partial charge in [-0.25, -0.2) is 9.59 Å². The molecule has 1 aromatic heterocycles. The van der Waals surface area contributed by atoms with E-state index in [4.69, 9.17) is 15.3 Å². The fraction of sp³-hybridized carbons (Fsp3) is 0. The number of rotatable bonds is 1. The van der Waals surface area contributed by atoms with Gasteiger partial charge < -0.3 is 15.3 Å². The fourth-order valence-electron chi connectivity index (χ4n) is 1.48. The first-order valence-electron chi connectivity index (χ1n) is 5.10. The van der Waals surface area contributed by atoms with Gasteiger partial charge in [0.2, 0.25) is 0 Å². The summed E-state index contributed by atoms with van der Waals surface area (Å²) in [6, 6.07) is 5.69. The minimum atomic E-state index is -1.37. The number of carbonyl (C=O) groups is 2. The summed E-state index contributed by atoms with van der Waals surface area (Å²) in [6.07, 6.45) is 0. The lowest BCUT2D eigenvalue weighted by Crippen LogP contribution is -2.12. The summed E-state index contributed by atoms with van der Waals surface area (Å²) >= 11 is 0. The Morgan fingerprint density at radius 2 is 2.00 bits per heavy atom. The molecule has 0 radical (unpaired) electrons. The zero-order valence-electron chi connectivity index (χ0n) is 9.47. The lowest BCUT2D eigenvalue weighted by molar-refractivity contribution is -0.112. The Bertz CT molecular complexity index is 807. The maximum absolute atomic E-state index is 11.3. The molecule has 0 unspecified atom stereocenters. The molecule has 0 saturated carbocycles. The van der Waals surface area contributed by atoms with E-state index >= 15 is 0 Å².